The molecule has 5 heteroatoms. The number of nitriles is 1. The Hall–Kier alpha value is -2.68. The Labute approximate surface area is 161 Å². The number of anilines is 1. The summed E-state index contributed by atoms with van der Waals surface area (Å²) in [6, 6.07) is 19.6. The van der Waals surface area contributed by atoms with Gasteiger partial charge in [-0.15, -0.1) is 0 Å². The van der Waals surface area contributed by atoms with Gasteiger partial charge in [0, 0.05) is 32.7 Å². The molecule has 2 aromatic carbocycles. The molecular weight excluding hydrogens is 336 g/mol. The lowest BCUT2D eigenvalue weighted by Gasteiger charge is -2.37. The van der Waals surface area contributed by atoms with Gasteiger partial charge in [-0.1, -0.05) is 42.5 Å². The molecule has 0 spiro atoms. The zero-order valence-electron chi connectivity index (χ0n) is 15.8. The Morgan fingerprint density at radius 1 is 1.07 bits per heavy atom. The molecule has 1 heterocycles. The summed E-state index contributed by atoms with van der Waals surface area (Å²) in [5, 5.41) is 12.1. The van der Waals surface area contributed by atoms with Crippen molar-refractivity contribution in [3.8, 4) is 6.07 Å². The van der Waals surface area contributed by atoms with Gasteiger partial charge in [0.05, 0.1) is 17.3 Å². The van der Waals surface area contributed by atoms with E-state index in [0.717, 1.165) is 39.1 Å². The number of carbonyl (C=O) groups excluding carboxylic acids is 1. The summed E-state index contributed by atoms with van der Waals surface area (Å²) in [5.74, 6) is -0.0598. The predicted molar refractivity (Wildman–Crippen MR) is 107 cm³/mol. The molecule has 3 rings (SSSR count). The molecule has 1 unspecified atom stereocenters. The quantitative estimate of drug-likeness (QED) is 0.858. The minimum atomic E-state index is -0.215. The van der Waals surface area contributed by atoms with Crippen molar-refractivity contribution in [2.75, 3.05) is 38.0 Å². The van der Waals surface area contributed by atoms with Gasteiger partial charge in [0.1, 0.15) is 6.07 Å². The van der Waals surface area contributed by atoms with Gasteiger partial charge in [0.15, 0.2) is 0 Å². The van der Waals surface area contributed by atoms with Gasteiger partial charge in [-0.2, -0.15) is 5.26 Å². The standard InChI is InChI=1S/C22H26N4O/c1-18(22(27)24-21-10-6-5-9-20(21)17-23)26-15-13-25(14-16-26)12-11-19-7-3-2-4-8-19/h2-10,18H,11-16H2,1H3,(H,24,27). The summed E-state index contributed by atoms with van der Waals surface area (Å²) in [4.78, 5) is 17.3. The maximum atomic E-state index is 12.6. The molecule has 1 fully saturated rings. The van der Waals surface area contributed by atoms with Crippen molar-refractivity contribution in [1.82, 2.24) is 9.80 Å². The molecule has 1 aliphatic heterocycles. The number of amides is 1. The minimum Gasteiger partial charge on any atom is -0.324 e. The summed E-state index contributed by atoms with van der Waals surface area (Å²) >= 11 is 0. The number of nitrogens with one attached hydrogen (secondary N) is 1. The molecule has 5 nitrogen and oxygen atoms in total. The number of benzene rings is 2. The van der Waals surface area contributed by atoms with Gasteiger partial charge in [-0.3, -0.25) is 9.69 Å². The van der Waals surface area contributed by atoms with E-state index in [0.29, 0.717) is 11.3 Å². The largest absolute Gasteiger partial charge is 0.324 e. The summed E-state index contributed by atoms with van der Waals surface area (Å²) < 4.78 is 0. The first-order valence-corrected chi connectivity index (χ1v) is 9.47. The number of hydrogen-bond acceptors (Lipinski definition) is 4. The van der Waals surface area contributed by atoms with Crippen LogP contribution in [0.2, 0.25) is 0 Å². The maximum Gasteiger partial charge on any atom is 0.241 e. The van der Waals surface area contributed by atoms with Crippen LogP contribution in [-0.2, 0) is 11.2 Å². The highest BCUT2D eigenvalue weighted by Gasteiger charge is 2.25. The zero-order valence-corrected chi connectivity index (χ0v) is 15.8. The van der Waals surface area contributed by atoms with Crippen molar-refractivity contribution in [2.45, 2.75) is 19.4 Å². The average Bonchev–Trinajstić information content (AvgIpc) is 2.73. The smallest absolute Gasteiger partial charge is 0.241 e. The third kappa shape index (κ3) is 5.16. The molecule has 1 saturated heterocycles. The molecule has 1 N–H and O–H groups in total. The predicted octanol–water partition coefficient (Wildman–Crippen LogP) is 2.75. The van der Waals surface area contributed by atoms with E-state index >= 15 is 0 Å². The third-order valence-corrected chi connectivity index (χ3v) is 5.20. The van der Waals surface area contributed by atoms with E-state index in [9.17, 15) is 4.79 Å². The second-order valence-corrected chi connectivity index (χ2v) is 6.94. The summed E-state index contributed by atoms with van der Waals surface area (Å²) in [6.07, 6.45) is 1.06. The average molecular weight is 362 g/mol. The van der Waals surface area contributed by atoms with E-state index in [1.54, 1.807) is 18.2 Å². The molecule has 27 heavy (non-hydrogen) atoms. The minimum absolute atomic E-state index is 0.0598. The van der Waals surface area contributed by atoms with E-state index in [1.807, 2.05) is 19.1 Å². The second-order valence-electron chi connectivity index (χ2n) is 6.94. The summed E-state index contributed by atoms with van der Waals surface area (Å²) in [7, 11) is 0. The highest BCUT2D eigenvalue weighted by atomic mass is 16.2. The van der Waals surface area contributed by atoms with Gasteiger partial charge < -0.3 is 10.2 Å². The van der Waals surface area contributed by atoms with E-state index in [4.69, 9.17) is 5.26 Å². The molecular formula is C22H26N4O. The van der Waals surface area contributed by atoms with Crippen LogP contribution in [0.1, 0.15) is 18.1 Å². The fraction of sp³-hybridized carbons (Fsp3) is 0.364. The zero-order chi connectivity index (χ0) is 19.1. The molecule has 0 aliphatic carbocycles. The van der Waals surface area contributed by atoms with Crippen molar-refractivity contribution in [3.63, 3.8) is 0 Å². The number of rotatable bonds is 6. The first-order chi connectivity index (χ1) is 13.2. The first kappa shape index (κ1) is 19.1. The Morgan fingerprint density at radius 2 is 1.74 bits per heavy atom. The van der Waals surface area contributed by atoms with E-state index in [-0.39, 0.29) is 11.9 Å². The van der Waals surface area contributed by atoms with Crippen molar-refractivity contribution in [2.24, 2.45) is 0 Å². The molecule has 140 valence electrons. The molecule has 1 atom stereocenters. The molecule has 0 aromatic heterocycles. The molecule has 2 aromatic rings. The summed E-state index contributed by atoms with van der Waals surface area (Å²) in [6.45, 7) is 6.68. The fourth-order valence-corrected chi connectivity index (χ4v) is 3.40. The summed E-state index contributed by atoms with van der Waals surface area (Å²) in [5.41, 5.74) is 2.44. The van der Waals surface area contributed by atoms with E-state index in [1.165, 1.54) is 5.56 Å². The first-order valence-electron chi connectivity index (χ1n) is 9.47. The fourth-order valence-electron chi connectivity index (χ4n) is 3.40. The maximum absolute atomic E-state index is 12.6. The van der Waals surface area contributed by atoms with Crippen molar-refractivity contribution < 1.29 is 4.79 Å². The molecule has 1 amide bonds. The number of hydrogen-bond donors (Lipinski definition) is 1. The Bertz CT molecular complexity index is 791. The van der Waals surface area contributed by atoms with Crippen LogP contribution in [0.15, 0.2) is 54.6 Å². The third-order valence-electron chi connectivity index (χ3n) is 5.20. The lowest BCUT2D eigenvalue weighted by molar-refractivity contribution is -0.121. The highest BCUT2D eigenvalue weighted by molar-refractivity contribution is 5.95. The monoisotopic (exact) mass is 362 g/mol. The van der Waals surface area contributed by atoms with Gasteiger partial charge in [0.25, 0.3) is 0 Å². The van der Waals surface area contributed by atoms with E-state index in [2.05, 4.69) is 45.5 Å². The van der Waals surface area contributed by atoms with Crippen molar-refractivity contribution in [1.29, 1.82) is 5.26 Å². The van der Waals surface area contributed by atoms with Crippen LogP contribution in [0.3, 0.4) is 0 Å². The Morgan fingerprint density at radius 3 is 2.44 bits per heavy atom. The molecule has 0 saturated carbocycles. The van der Waals surface area contributed by atoms with Crippen LogP contribution in [0.25, 0.3) is 0 Å². The SMILES string of the molecule is CC(C(=O)Nc1ccccc1C#N)N1CCN(CCc2ccccc2)CC1. The van der Waals surface area contributed by atoms with Gasteiger partial charge >= 0.3 is 0 Å². The van der Waals surface area contributed by atoms with Crippen LogP contribution in [-0.4, -0.2) is 54.5 Å². The molecule has 0 radical (unpaired) electrons. The van der Waals surface area contributed by atoms with Gasteiger partial charge in [-0.05, 0) is 31.0 Å². The van der Waals surface area contributed by atoms with Gasteiger partial charge in [-0.25, -0.2) is 0 Å². The number of para-hydroxylation sites is 1. The number of carbonyl (C=O) groups is 1. The van der Waals surface area contributed by atoms with Crippen LogP contribution < -0.4 is 5.32 Å². The van der Waals surface area contributed by atoms with Crippen LogP contribution in [0, 0.1) is 11.3 Å². The van der Waals surface area contributed by atoms with Crippen molar-refractivity contribution in [3.05, 3.63) is 65.7 Å². The molecule has 1 aliphatic rings. The topological polar surface area (TPSA) is 59.4 Å². The molecule has 0 bridgehead atoms. The Balaban J connectivity index is 1.47. The van der Waals surface area contributed by atoms with Crippen LogP contribution in [0.4, 0.5) is 5.69 Å². The Kier molecular flexibility index (Phi) is 6.59. The lowest BCUT2D eigenvalue weighted by Crippen LogP contribution is -2.53. The number of nitrogens with zero attached hydrogens (tertiary/aromatic N) is 3. The van der Waals surface area contributed by atoms with E-state index < -0.39 is 0 Å². The van der Waals surface area contributed by atoms with Gasteiger partial charge in [0.2, 0.25) is 5.91 Å². The normalized spacial score (nSPS) is 16.4. The van der Waals surface area contributed by atoms with Crippen molar-refractivity contribution >= 4 is 11.6 Å². The number of piperazine rings is 1. The lowest BCUT2D eigenvalue weighted by atomic mass is 10.1. The van der Waals surface area contributed by atoms with Crippen LogP contribution in [0.5, 0.6) is 0 Å². The second kappa shape index (κ2) is 9.31. The highest BCUT2D eigenvalue weighted by Crippen LogP contribution is 2.15. The van der Waals surface area contributed by atoms with Crippen LogP contribution >= 0.6 is 0 Å².